The first kappa shape index (κ1) is 8.21. The zero-order valence-electron chi connectivity index (χ0n) is 6.22. The molecule has 9 heavy (non-hydrogen) atoms. The fourth-order valence-corrected chi connectivity index (χ4v) is 0.482. The highest BCUT2D eigenvalue weighted by atomic mass is 16.6. The number of oxime groups is 1. The molecule has 2 nitrogen and oxygen atoms in total. The standard InChI is InChI=1S/C7H13NO/c1-4-5-6-7(2)8-9-3/h4-5H,6H2,1-3H3/b5-4+,8-7+. The summed E-state index contributed by atoms with van der Waals surface area (Å²) in [6.45, 7) is 3.92. The highest BCUT2D eigenvalue weighted by Gasteiger charge is 1.83. The number of nitrogens with zero attached hydrogens (tertiary/aromatic N) is 1. The smallest absolute Gasteiger partial charge is 0.106 e. The molecule has 0 bridgehead atoms. The highest BCUT2D eigenvalue weighted by Crippen LogP contribution is 1.87. The van der Waals surface area contributed by atoms with Crippen molar-refractivity contribution < 1.29 is 4.84 Å². The van der Waals surface area contributed by atoms with Crippen LogP contribution in [0.4, 0.5) is 0 Å². The number of allylic oxidation sites excluding steroid dienone is 2. The van der Waals surface area contributed by atoms with E-state index in [0.29, 0.717) is 0 Å². The summed E-state index contributed by atoms with van der Waals surface area (Å²) >= 11 is 0. The molecular weight excluding hydrogens is 114 g/mol. The van der Waals surface area contributed by atoms with Crippen LogP contribution in [0.1, 0.15) is 20.3 Å². The third-order valence-electron chi connectivity index (χ3n) is 0.896. The van der Waals surface area contributed by atoms with E-state index in [1.165, 1.54) is 0 Å². The Hall–Kier alpha value is -0.790. The van der Waals surface area contributed by atoms with E-state index in [1.54, 1.807) is 7.11 Å². The molecule has 0 spiro atoms. The average Bonchev–Trinajstić information content (AvgIpc) is 1.85. The largest absolute Gasteiger partial charge is 0.399 e. The van der Waals surface area contributed by atoms with Crippen molar-refractivity contribution in [2.75, 3.05) is 7.11 Å². The van der Waals surface area contributed by atoms with Crippen molar-refractivity contribution in [1.82, 2.24) is 0 Å². The molecule has 0 aliphatic rings. The van der Waals surface area contributed by atoms with E-state index in [9.17, 15) is 0 Å². The molecule has 0 amide bonds. The number of rotatable bonds is 3. The van der Waals surface area contributed by atoms with Gasteiger partial charge < -0.3 is 4.84 Å². The minimum absolute atomic E-state index is 0.879. The summed E-state index contributed by atoms with van der Waals surface area (Å²) in [5.74, 6) is 0. The van der Waals surface area contributed by atoms with E-state index >= 15 is 0 Å². The molecular formula is C7H13NO. The molecule has 0 aromatic rings. The Morgan fingerprint density at radius 3 is 2.78 bits per heavy atom. The number of hydrogen-bond acceptors (Lipinski definition) is 2. The van der Waals surface area contributed by atoms with Crippen LogP contribution in [-0.2, 0) is 4.84 Å². The van der Waals surface area contributed by atoms with Gasteiger partial charge in [0.15, 0.2) is 0 Å². The van der Waals surface area contributed by atoms with Crippen LogP contribution < -0.4 is 0 Å². The maximum Gasteiger partial charge on any atom is 0.106 e. The first-order valence-electron chi connectivity index (χ1n) is 2.99. The monoisotopic (exact) mass is 127 g/mol. The molecule has 0 aromatic carbocycles. The van der Waals surface area contributed by atoms with E-state index in [1.807, 2.05) is 26.0 Å². The van der Waals surface area contributed by atoms with Crippen LogP contribution in [0.15, 0.2) is 17.3 Å². The fraction of sp³-hybridized carbons (Fsp3) is 0.571. The van der Waals surface area contributed by atoms with Gasteiger partial charge in [0.25, 0.3) is 0 Å². The van der Waals surface area contributed by atoms with Gasteiger partial charge in [0, 0.05) is 6.42 Å². The summed E-state index contributed by atoms with van der Waals surface area (Å²) in [6, 6.07) is 0. The predicted molar refractivity (Wildman–Crippen MR) is 39.5 cm³/mol. The van der Waals surface area contributed by atoms with Crippen molar-refractivity contribution in [3.63, 3.8) is 0 Å². The second kappa shape index (κ2) is 5.35. The van der Waals surface area contributed by atoms with Gasteiger partial charge in [0.1, 0.15) is 7.11 Å². The normalized spacial score (nSPS) is 12.6. The molecule has 0 unspecified atom stereocenters. The van der Waals surface area contributed by atoms with Gasteiger partial charge >= 0.3 is 0 Å². The summed E-state index contributed by atoms with van der Waals surface area (Å²) < 4.78 is 0. The van der Waals surface area contributed by atoms with Crippen molar-refractivity contribution in [2.24, 2.45) is 5.16 Å². The maximum atomic E-state index is 4.55. The van der Waals surface area contributed by atoms with Gasteiger partial charge in [-0.25, -0.2) is 0 Å². The van der Waals surface area contributed by atoms with Crippen LogP contribution in [0, 0.1) is 0 Å². The van der Waals surface area contributed by atoms with Crippen LogP contribution in [0.5, 0.6) is 0 Å². The average molecular weight is 127 g/mol. The summed E-state index contributed by atoms with van der Waals surface area (Å²) in [4.78, 5) is 4.55. The lowest BCUT2D eigenvalue weighted by Crippen LogP contribution is -1.88. The predicted octanol–water partition coefficient (Wildman–Crippen LogP) is 1.97. The maximum absolute atomic E-state index is 4.55. The van der Waals surface area contributed by atoms with Gasteiger partial charge in [-0.2, -0.15) is 0 Å². The van der Waals surface area contributed by atoms with Crippen molar-refractivity contribution in [3.8, 4) is 0 Å². The quantitative estimate of drug-likeness (QED) is 0.322. The lowest BCUT2D eigenvalue weighted by molar-refractivity contribution is 0.212. The Bertz CT molecular complexity index is 116. The second-order valence-electron chi connectivity index (χ2n) is 1.78. The molecule has 0 saturated carbocycles. The number of hydrogen-bond donors (Lipinski definition) is 0. The molecule has 0 N–H and O–H groups in total. The zero-order valence-corrected chi connectivity index (χ0v) is 6.22. The topological polar surface area (TPSA) is 21.6 Å². The third kappa shape index (κ3) is 5.07. The van der Waals surface area contributed by atoms with Crippen molar-refractivity contribution >= 4 is 5.71 Å². The van der Waals surface area contributed by atoms with Crippen molar-refractivity contribution in [1.29, 1.82) is 0 Å². The van der Waals surface area contributed by atoms with Crippen molar-refractivity contribution in [3.05, 3.63) is 12.2 Å². The lowest BCUT2D eigenvalue weighted by atomic mass is 10.3. The Morgan fingerprint density at radius 2 is 2.33 bits per heavy atom. The first-order chi connectivity index (χ1) is 4.31. The van der Waals surface area contributed by atoms with E-state index < -0.39 is 0 Å². The van der Waals surface area contributed by atoms with Crippen LogP contribution >= 0.6 is 0 Å². The van der Waals surface area contributed by atoms with E-state index in [-0.39, 0.29) is 0 Å². The van der Waals surface area contributed by atoms with Crippen molar-refractivity contribution in [2.45, 2.75) is 20.3 Å². The second-order valence-corrected chi connectivity index (χ2v) is 1.78. The molecule has 0 aliphatic carbocycles. The molecule has 0 saturated heterocycles. The van der Waals surface area contributed by atoms with Crippen LogP contribution in [0.25, 0.3) is 0 Å². The van der Waals surface area contributed by atoms with Crippen LogP contribution in [0.2, 0.25) is 0 Å². The van der Waals surface area contributed by atoms with Gasteiger partial charge in [-0.15, -0.1) is 0 Å². The Labute approximate surface area is 56.2 Å². The molecule has 2 heteroatoms. The Balaban J connectivity index is 3.49. The SMILES string of the molecule is C/C=C/C/C(C)=N/OC. The van der Waals surface area contributed by atoms with Crippen LogP contribution in [-0.4, -0.2) is 12.8 Å². The van der Waals surface area contributed by atoms with Gasteiger partial charge in [0.05, 0.1) is 5.71 Å². The first-order valence-corrected chi connectivity index (χ1v) is 2.99. The lowest BCUT2D eigenvalue weighted by Gasteiger charge is -1.91. The minimum Gasteiger partial charge on any atom is -0.399 e. The molecule has 0 atom stereocenters. The van der Waals surface area contributed by atoms with Gasteiger partial charge in [0.2, 0.25) is 0 Å². The molecule has 0 aliphatic heterocycles. The molecule has 52 valence electrons. The highest BCUT2D eigenvalue weighted by molar-refractivity contribution is 5.82. The van der Waals surface area contributed by atoms with Gasteiger partial charge in [-0.3, -0.25) is 0 Å². The fourth-order valence-electron chi connectivity index (χ4n) is 0.482. The van der Waals surface area contributed by atoms with Gasteiger partial charge in [-0.1, -0.05) is 17.3 Å². The molecule has 0 heterocycles. The van der Waals surface area contributed by atoms with E-state index in [4.69, 9.17) is 0 Å². The molecule has 0 fully saturated rings. The summed E-state index contributed by atoms with van der Waals surface area (Å²) in [7, 11) is 1.55. The molecule has 0 aromatic heterocycles. The Kier molecular flexibility index (Phi) is 4.88. The third-order valence-corrected chi connectivity index (χ3v) is 0.896. The zero-order chi connectivity index (χ0) is 7.11. The summed E-state index contributed by atoms with van der Waals surface area (Å²) in [5.41, 5.74) is 0.996. The van der Waals surface area contributed by atoms with Crippen LogP contribution in [0.3, 0.4) is 0 Å². The minimum atomic E-state index is 0.879. The van der Waals surface area contributed by atoms with E-state index in [0.717, 1.165) is 12.1 Å². The summed E-state index contributed by atoms with van der Waals surface area (Å²) in [6.07, 6.45) is 4.91. The van der Waals surface area contributed by atoms with E-state index in [2.05, 4.69) is 9.99 Å². The molecule has 0 radical (unpaired) electrons. The van der Waals surface area contributed by atoms with Gasteiger partial charge in [-0.05, 0) is 13.8 Å². The Morgan fingerprint density at radius 1 is 1.67 bits per heavy atom. The molecule has 0 rings (SSSR count). The summed E-state index contributed by atoms with van der Waals surface area (Å²) in [5, 5.41) is 3.73.